The van der Waals surface area contributed by atoms with Gasteiger partial charge in [-0.3, -0.25) is 9.97 Å². The number of pyridine rings is 2. The summed E-state index contributed by atoms with van der Waals surface area (Å²) in [5.41, 5.74) is 2.33. The topological polar surface area (TPSA) is 29.0 Å². The molecule has 0 bridgehead atoms. The number of nitrogens with zero attached hydrogens (tertiary/aromatic N) is 3. The maximum Gasteiger partial charge on any atom is 0.0895 e. The molecule has 1 saturated heterocycles. The SMILES string of the molecule is Brc1cncc2c(N3CCCC3CC3CC3)ccnc12. The van der Waals surface area contributed by atoms with Crippen LogP contribution in [0.2, 0.25) is 0 Å². The summed E-state index contributed by atoms with van der Waals surface area (Å²) < 4.78 is 0.981. The van der Waals surface area contributed by atoms with Crippen LogP contribution >= 0.6 is 15.9 Å². The summed E-state index contributed by atoms with van der Waals surface area (Å²) in [6.07, 6.45) is 12.6. The Balaban J connectivity index is 1.75. The maximum absolute atomic E-state index is 4.50. The minimum atomic E-state index is 0.715. The largest absolute Gasteiger partial charge is 0.368 e. The van der Waals surface area contributed by atoms with Crippen molar-refractivity contribution in [1.29, 1.82) is 0 Å². The standard InChI is InChI=1S/C16H18BrN3/c17-14-10-18-9-13-15(5-6-19-16(13)14)20-7-1-2-12(20)8-11-3-4-11/h5-6,9-12H,1-4,7-8H2. The van der Waals surface area contributed by atoms with Gasteiger partial charge in [-0.2, -0.15) is 0 Å². The summed E-state index contributed by atoms with van der Waals surface area (Å²) in [6.45, 7) is 1.17. The minimum Gasteiger partial charge on any atom is -0.368 e. The van der Waals surface area contributed by atoms with Gasteiger partial charge in [-0.1, -0.05) is 12.8 Å². The highest BCUT2D eigenvalue weighted by molar-refractivity contribution is 9.10. The van der Waals surface area contributed by atoms with Crippen molar-refractivity contribution in [2.45, 2.75) is 38.1 Å². The number of anilines is 1. The van der Waals surface area contributed by atoms with E-state index in [1.165, 1.54) is 49.7 Å². The molecule has 20 heavy (non-hydrogen) atoms. The number of hydrogen-bond acceptors (Lipinski definition) is 3. The van der Waals surface area contributed by atoms with Gasteiger partial charge in [0, 0.05) is 42.3 Å². The van der Waals surface area contributed by atoms with E-state index in [1.54, 1.807) is 0 Å². The average Bonchev–Trinajstić information content (AvgIpc) is 3.15. The Kier molecular flexibility index (Phi) is 3.14. The molecule has 2 aromatic heterocycles. The molecule has 1 atom stereocenters. The van der Waals surface area contributed by atoms with E-state index < -0.39 is 0 Å². The number of fused-ring (bicyclic) bond motifs is 1. The van der Waals surface area contributed by atoms with Gasteiger partial charge in [0.2, 0.25) is 0 Å². The van der Waals surface area contributed by atoms with Crippen LogP contribution in [0.5, 0.6) is 0 Å². The second kappa shape index (κ2) is 4.99. The Hall–Kier alpha value is -1.16. The van der Waals surface area contributed by atoms with Gasteiger partial charge in [-0.15, -0.1) is 0 Å². The molecule has 3 heterocycles. The number of halogens is 1. The zero-order valence-electron chi connectivity index (χ0n) is 11.4. The predicted molar refractivity (Wildman–Crippen MR) is 84.9 cm³/mol. The van der Waals surface area contributed by atoms with Crippen LogP contribution in [0.1, 0.15) is 32.1 Å². The zero-order valence-corrected chi connectivity index (χ0v) is 13.0. The van der Waals surface area contributed by atoms with Crippen LogP contribution in [0.4, 0.5) is 5.69 Å². The van der Waals surface area contributed by atoms with Gasteiger partial charge in [-0.05, 0) is 47.2 Å². The third-order valence-corrected chi connectivity index (χ3v) is 5.15. The maximum atomic E-state index is 4.50. The van der Waals surface area contributed by atoms with Gasteiger partial charge in [-0.25, -0.2) is 0 Å². The molecule has 2 aromatic rings. The highest BCUT2D eigenvalue weighted by atomic mass is 79.9. The van der Waals surface area contributed by atoms with Crippen LogP contribution in [0.3, 0.4) is 0 Å². The molecule has 0 aromatic carbocycles. The molecule has 0 amide bonds. The van der Waals surface area contributed by atoms with Crippen molar-refractivity contribution in [2.75, 3.05) is 11.4 Å². The minimum absolute atomic E-state index is 0.715. The van der Waals surface area contributed by atoms with Gasteiger partial charge in [0.1, 0.15) is 0 Å². The molecule has 4 heteroatoms. The van der Waals surface area contributed by atoms with E-state index in [4.69, 9.17) is 0 Å². The molecular formula is C16H18BrN3. The van der Waals surface area contributed by atoms with E-state index in [9.17, 15) is 0 Å². The summed E-state index contributed by atoms with van der Waals surface area (Å²) >= 11 is 3.56. The third kappa shape index (κ3) is 2.20. The molecular weight excluding hydrogens is 314 g/mol. The molecule has 0 radical (unpaired) electrons. The van der Waals surface area contributed by atoms with Crippen molar-refractivity contribution < 1.29 is 0 Å². The Labute approximate surface area is 127 Å². The number of hydrogen-bond donors (Lipinski definition) is 0. The Morgan fingerprint density at radius 3 is 3.00 bits per heavy atom. The first-order valence-corrected chi connectivity index (χ1v) is 8.27. The van der Waals surface area contributed by atoms with E-state index in [1.807, 2.05) is 18.6 Å². The van der Waals surface area contributed by atoms with Crippen molar-refractivity contribution in [3.05, 3.63) is 29.1 Å². The number of aromatic nitrogens is 2. The van der Waals surface area contributed by atoms with Gasteiger partial charge in [0.15, 0.2) is 0 Å². The van der Waals surface area contributed by atoms with Crippen molar-refractivity contribution in [1.82, 2.24) is 9.97 Å². The normalized spacial score (nSPS) is 22.6. The average molecular weight is 332 g/mol. The first-order chi connectivity index (χ1) is 9.83. The summed E-state index contributed by atoms with van der Waals surface area (Å²) in [5.74, 6) is 0.985. The Morgan fingerprint density at radius 1 is 1.25 bits per heavy atom. The summed E-state index contributed by atoms with van der Waals surface area (Å²) in [7, 11) is 0. The lowest BCUT2D eigenvalue weighted by Gasteiger charge is -2.28. The lowest BCUT2D eigenvalue weighted by molar-refractivity contribution is 0.567. The van der Waals surface area contributed by atoms with E-state index in [0.717, 1.165) is 15.9 Å². The smallest absolute Gasteiger partial charge is 0.0895 e. The summed E-state index contributed by atoms with van der Waals surface area (Å²) in [5, 5.41) is 1.17. The highest BCUT2D eigenvalue weighted by Crippen LogP contribution is 2.40. The van der Waals surface area contributed by atoms with Crippen LogP contribution < -0.4 is 4.90 Å². The molecule has 0 N–H and O–H groups in total. The van der Waals surface area contributed by atoms with Crippen LogP contribution in [0.15, 0.2) is 29.1 Å². The second-order valence-electron chi connectivity index (χ2n) is 6.02. The molecule has 1 aliphatic carbocycles. The molecule has 1 saturated carbocycles. The first kappa shape index (κ1) is 12.6. The lowest BCUT2D eigenvalue weighted by atomic mass is 10.1. The van der Waals surface area contributed by atoms with E-state index in [0.29, 0.717) is 6.04 Å². The Morgan fingerprint density at radius 2 is 2.15 bits per heavy atom. The van der Waals surface area contributed by atoms with Crippen molar-refractivity contribution >= 4 is 32.5 Å². The monoisotopic (exact) mass is 331 g/mol. The van der Waals surface area contributed by atoms with Gasteiger partial charge >= 0.3 is 0 Å². The summed E-state index contributed by atoms with van der Waals surface area (Å²) in [4.78, 5) is 11.4. The Bertz CT molecular complexity index is 639. The van der Waals surface area contributed by atoms with Crippen LogP contribution in [-0.2, 0) is 0 Å². The quantitative estimate of drug-likeness (QED) is 0.845. The van der Waals surface area contributed by atoms with Crippen molar-refractivity contribution in [3.63, 3.8) is 0 Å². The predicted octanol–water partition coefficient (Wildman–Crippen LogP) is 4.16. The van der Waals surface area contributed by atoms with Crippen molar-refractivity contribution in [2.24, 2.45) is 5.92 Å². The molecule has 4 rings (SSSR count). The van der Waals surface area contributed by atoms with Crippen LogP contribution in [0.25, 0.3) is 10.9 Å². The van der Waals surface area contributed by atoms with E-state index >= 15 is 0 Å². The molecule has 1 aliphatic heterocycles. The van der Waals surface area contributed by atoms with Gasteiger partial charge in [0.05, 0.1) is 9.99 Å². The summed E-state index contributed by atoms with van der Waals surface area (Å²) in [6, 6.07) is 2.87. The molecule has 0 spiro atoms. The van der Waals surface area contributed by atoms with Gasteiger partial charge in [0.25, 0.3) is 0 Å². The third-order valence-electron chi connectivity index (χ3n) is 4.57. The lowest BCUT2D eigenvalue weighted by Crippen LogP contribution is -2.29. The molecule has 3 nitrogen and oxygen atoms in total. The molecule has 2 aliphatic rings. The highest BCUT2D eigenvalue weighted by Gasteiger charge is 2.32. The zero-order chi connectivity index (χ0) is 13.5. The first-order valence-electron chi connectivity index (χ1n) is 7.48. The fourth-order valence-electron chi connectivity index (χ4n) is 3.41. The van der Waals surface area contributed by atoms with E-state index in [-0.39, 0.29) is 0 Å². The molecule has 104 valence electrons. The fraction of sp³-hybridized carbons (Fsp3) is 0.500. The van der Waals surface area contributed by atoms with Crippen molar-refractivity contribution in [3.8, 4) is 0 Å². The van der Waals surface area contributed by atoms with E-state index in [2.05, 4.69) is 36.9 Å². The fourth-order valence-corrected chi connectivity index (χ4v) is 3.84. The van der Waals surface area contributed by atoms with Crippen LogP contribution in [0, 0.1) is 5.92 Å². The molecule has 2 fully saturated rings. The molecule has 1 unspecified atom stereocenters. The van der Waals surface area contributed by atoms with Gasteiger partial charge < -0.3 is 4.90 Å². The number of rotatable bonds is 3. The van der Waals surface area contributed by atoms with Crippen LogP contribution in [-0.4, -0.2) is 22.6 Å². The second-order valence-corrected chi connectivity index (χ2v) is 6.87.